The molecule has 5 nitrogen and oxygen atoms in total. The van der Waals surface area contributed by atoms with Crippen LogP contribution < -0.4 is 5.32 Å². The third-order valence-corrected chi connectivity index (χ3v) is 4.11. The van der Waals surface area contributed by atoms with E-state index in [1.54, 1.807) is 0 Å². The molecule has 1 aliphatic heterocycles. The first-order valence-electron chi connectivity index (χ1n) is 6.34. The number of nitrogens with one attached hydrogen (secondary N) is 1. The number of benzene rings is 1. The van der Waals surface area contributed by atoms with Crippen LogP contribution in [0.15, 0.2) is 40.9 Å². The van der Waals surface area contributed by atoms with Crippen LogP contribution in [0.5, 0.6) is 0 Å². The monoisotopic (exact) mass is 302 g/mol. The lowest BCUT2D eigenvalue weighted by molar-refractivity contribution is -0.137. The van der Waals surface area contributed by atoms with Crippen LogP contribution in [0.2, 0.25) is 0 Å². The Morgan fingerprint density at radius 2 is 2.19 bits per heavy atom. The van der Waals surface area contributed by atoms with Crippen LogP contribution in [0.1, 0.15) is 17.9 Å². The summed E-state index contributed by atoms with van der Waals surface area (Å²) >= 11 is 1.12. The summed E-state index contributed by atoms with van der Waals surface area (Å²) in [5.41, 5.74) is 1.40. The van der Waals surface area contributed by atoms with Crippen molar-refractivity contribution in [1.82, 2.24) is 5.32 Å². The standard InChI is InChI=1S/C15H14N2O3S/c1-20-14(19)9-21-15-12(8-16)11(7-13(18)17-15)10-5-3-2-4-6-10/h2-6,11H,7,9H2,1H3,(H,17,18)/t11-/m1/s1. The van der Waals surface area contributed by atoms with Crippen LogP contribution in [0.4, 0.5) is 0 Å². The molecular weight excluding hydrogens is 288 g/mol. The normalized spacial score (nSPS) is 17.9. The zero-order valence-electron chi connectivity index (χ0n) is 11.5. The molecule has 0 saturated heterocycles. The smallest absolute Gasteiger partial charge is 0.316 e. The molecule has 1 atom stereocenters. The van der Waals surface area contributed by atoms with Crippen molar-refractivity contribution in [3.63, 3.8) is 0 Å². The summed E-state index contributed by atoms with van der Waals surface area (Å²) < 4.78 is 4.57. The van der Waals surface area contributed by atoms with Crippen molar-refractivity contribution in [2.45, 2.75) is 12.3 Å². The first kappa shape index (κ1) is 15.1. The Balaban J connectivity index is 2.30. The van der Waals surface area contributed by atoms with Gasteiger partial charge >= 0.3 is 5.97 Å². The summed E-state index contributed by atoms with van der Waals surface area (Å²) in [5, 5.41) is 12.5. The summed E-state index contributed by atoms with van der Waals surface area (Å²) in [7, 11) is 1.30. The van der Waals surface area contributed by atoms with Crippen LogP contribution in [0.3, 0.4) is 0 Å². The van der Waals surface area contributed by atoms with E-state index in [9.17, 15) is 14.9 Å². The van der Waals surface area contributed by atoms with Crippen LogP contribution in [0, 0.1) is 11.3 Å². The molecule has 1 aromatic rings. The van der Waals surface area contributed by atoms with Gasteiger partial charge in [0.1, 0.15) is 0 Å². The van der Waals surface area contributed by atoms with Gasteiger partial charge in [0.05, 0.1) is 29.5 Å². The Labute approximate surface area is 127 Å². The minimum atomic E-state index is -0.402. The molecular formula is C15H14N2O3S. The Morgan fingerprint density at radius 1 is 1.48 bits per heavy atom. The van der Waals surface area contributed by atoms with Gasteiger partial charge in [-0.25, -0.2) is 0 Å². The first-order chi connectivity index (χ1) is 10.2. The third-order valence-electron chi connectivity index (χ3n) is 3.12. The highest BCUT2D eigenvalue weighted by Crippen LogP contribution is 2.35. The van der Waals surface area contributed by atoms with E-state index in [4.69, 9.17) is 0 Å². The molecule has 0 saturated carbocycles. The molecule has 21 heavy (non-hydrogen) atoms. The van der Waals surface area contributed by atoms with Gasteiger partial charge in [-0.1, -0.05) is 42.1 Å². The Morgan fingerprint density at radius 3 is 2.81 bits per heavy atom. The molecule has 0 unspecified atom stereocenters. The molecule has 1 amide bonds. The first-order valence-corrected chi connectivity index (χ1v) is 7.33. The summed E-state index contributed by atoms with van der Waals surface area (Å²) in [6.45, 7) is 0. The van der Waals surface area contributed by atoms with E-state index in [2.05, 4.69) is 16.1 Å². The minimum absolute atomic E-state index is 0.0544. The highest BCUT2D eigenvalue weighted by atomic mass is 32.2. The molecule has 0 spiro atoms. The molecule has 1 heterocycles. The molecule has 0 bridgehead atoms. The molecule has 1 aliphatic rings. The number of nitriles is 1. The van der Waals surface area contributed by atoms with Gasteiger partial charge in [0, 0.05) is 12.3 Å². The van der Waals surface area contributed by atoms with E-state index in [0.717, 1.165) is 17.3 Å². The van der Waals surface area contributed by atoms with Crippen molar-refractivity contribution in [3.05, 3.63) is 46.5 Å². The molecule has 0 aromatic heterocycles. The van der Waals surface area contributed by atoms with Gasteiger partial charge in [-0.2, -0.15) is 5.26 Å². The van der Waals surface area contributed by atoms with Crippen molar-refractivity contribution in [2.24, 2.45) is 0 Å². The average molecular weight is 302 g/mol. The second-order valence-corrected chi connectivity index (χ2v) is 5.42. The average Bonchev–Trinajstić information content (AvgIpc) is 2.52. The molecule has 1 N–H and O–H groups in total. The van der Waals surface area contributed by atoms with Gasteiger partial charge in [0.25, 0.3) is 0 Å². The van der Waals surface area contributed by atoms with Gasteiger partial charge in [-0.3, -0.25) is 9.59 Å². The maximum atomic E-state index is 11.8. The number of carbonyl (C=O) groups excluding carboxylic acids is 2. The van der Waals surface area contributed by atoms with E-state index in [1.165, 1.54) is 7.11 Å². The van der Waals surface area contributed by atoms with Crippen LogP contribution >= 0.6 is 11.8 Å². The molecule has 0 radical (unpaired) electrons. The molecule has 0 aliphatic carbocycles. The number of amides is 1. The predicted molar refractivity (Wildman–Crippen MR) is 79.1 cm³/mol. The van der Waals surface area contributed by atoms with Crippen molar-refractivity contribution in [1.29, 1.82) is 5.26 Å². The minimum Gasteiger partial charge on any atom is -0.468 e. The topological polar surface area (TPSA) is 79.2 Å². The fourth-order valence-corrected chi connectivity index (χ4v) is 3.00. The predicted octanol–water partition coefficient (Wildman–Crippen LogP) is 1.93. The highest BCUT2D eigenvalue weighted by Gasteiger charge is 2.29. The number of allylic oxidation sites excluding steroid dienone is 1. The number of thioether (sulfide) groups is 1. The molecule has 0 fully saturated rings. The summed E-state index contributed by atoms with van der Waals surface area (Å²) in [5.74, 6) is -0.778. The van der Waals surface area contributed by atoms with E-state index >= 15 is 0 Å². The zero-order chi connectivity index (χ0) is 15.2. The van der Waals surface area contributed by atoms with Crippen molar-refractivity contribution in [2.75, 3.05) is 12.9 Å². The molecule has 1 aromatic carbocycles. The van der Waals surface area contributed by atoms with Crippen LogP contribution in [-0.4, -0.2) is 24.7 Å². The number of methoxy groups -OCH3 is 1. The lowest BCUT2D eigenvalue weighted by atomic mass is 9.87. The largest absolute Gasteiger partial charge is 0.468 e. The quantitative estimate of drug-likeness (QED) is 0.860. The van der Waals surface area contributed by atoms with Crippen molar-refractivity contribution >= 4 is 23.6 Å². The summed E-state index contributed by atoms with van der Waals surface area (Å²) in [6.07, 6.45) is 0.231. The number of ether oxygens (including phenoxy) is 1. The fourth-order valence-electron chi connectivity index (χ4n) is 2.09. The fraction of sp³-hybridized carbons (Fsp3) is 0.267. The maximum Gasteiger partial charge on any atom is 0.316 e. The second kappa shape index (κ2) is 6.95. The van der Waals surface area contributed by atoms with E-state index in [-0.39, 0.29) is 24.0 Å². The van der Waals surface area contributed by atoms with Gasteiger partial charge in [0.15, 0.2) is 0 Å². The Kier molecular flexibility index (Phi) is 5.01. The van der Waals surface area contributed by atoms with Crippen LogP contribution in [-0.2, 0) is 14.3 Å². The van der Waals surface area contributed by atoms with E-state index in [1.807, 2.05) is 30.3 Å². The molecule has 2 rings (SSSR count). The lowest BCUT2D eigenvalue weighted by Gasteiger charge is -2.24. The molecule has 108 valence electrons. The van der Waals surface area contributed by atoms with Gasteiger partial charge in [-0.15, -0.1) is 0 Å². The number of hydrogen-bond acceptors (Lipinski definition) is 5. The zero-order valence-corrected chi connectivity index (χ0v) is 12.3. The Hall–Kier alpha value is -2.26. The lowest BCUT2D eigenvalue weighted by Crippen LogP contribution is -2.31. The van der Waals surface area contributed by atoms with Gasteiger partial charge < -0.3 is 10.1 Å². The number of hydrogen-bond donors (Lipinski definition) is 1. The van der Waals surface area contributed by atoms with Gasteiger partial charge in [-0.05, 0) is 5.56 Å². The number of carbonyl (C=O) groups is 2. The van der Waals surface area contributed by atoms with Crippen LogP contribution in [0.25, 0.3) is 0 Å². The van der Waals surface area contributed by atoms with E-state index < -0.39 is 5.97 Å². The summed E-state index contributed by atoms with van der Waals surface area (Å²) in [4.78, 5) is 23.1. The number of rotatable bonds is 4. The maximum absolute atomic E-state index is 11.8. The SMILES string of the molecule is COC(=O)CSC1=C(C#N)[C@@H](c2ccccc2)CC(=O)N1. The third kappa shape index (κ3) is 3.64. The summed E-state index contributed by atoms with van der Waals surface area (Å²) in [6, 6.07) is 11.6. The number of esters is 1. The van der Waals surface area contributed by atoms with Gasteiger partial charge in [0.2, 0.25) is 5.91 Å². The van der Waals surface area contributed by atoms with Crippen molar-refractivity contribution in [3.8, 4) is 6.07 Å². The molecule has 6 heteroatoms. The number of nitrogens with zero attached hydrogens (tertiary/aromatic N) is 1. The Bertz CT molecular complexity index is 620. The second-order valence-electron chi connectivity index (χ2n) is 4.43. The van der Waals surface area contributed by atoms with Crippen molar-refractivity contribution < 1.29 is 14.3 Å². The van der Waals surface area contributed by atoms with E-state index in [0.29, 0.717) is 10.6 Å². The highest BCUT2D eigenvalue weighted by molar-refractivity contribution is 8.03.